The molecule has 5 nitrogen and oxygen atoms in total. The molecule has 0 saturated heterocycles. The van der Waals surface area contributed by atoms with E-state index in [9.17, 15) is 4.39 Å². The predicted octanol–water partition coefficient (Wildman–Crippen LogP) is 2.59. The molecule has 0 N–H and O–H groups in total. The number of hydrogen-bond donors (Lipinski definition) is 0. The van der Waals surface area contributed by atoms with Crippen molar-refractivity contribution in [2.45, 2.75) is 0 Å². The number of hydrogen-bond acceptors (Lipinski definition) is 4. The van der Waals surface area contributed by atoms with Crippen molar-refractivity contribution in [3.8, 4) is 17.1 Å². The van der Waals surface area contributed by atoms with E-state index in [1.165, 1.54) is 30.0 Å². The number of aromatic nitrogens is 4. The summed E-state index contributed by atoms with van der Waals surface area (Å²) in [7, 11) is 1.46. The first-order valence-electron chi connectivity index (χ1n) is 5.40. The van der Waals surface area contributed by atoms with Crippen molar-refractivity contribution in [3.63, 3.8) is 0 Å². The Morgan fingerprint density at radius 3 is 2.89 bits per heavy atom. The smallest absolute Gasteiger partial charge is 0.180 e. The van der Waals surface area contributed by atoms with Crippen LogP contribution >= 0.6 is 11.6 Å². The van der Waals surface area contributed by atoms with Gasteiger partial charge in [-0.2, -0.15) is 0 Å². The maximum Gasteiger partial charge on any atom is 0.180 e. The maximum atomic E-state index is 14.0. The van der Waals surface area contributed by atoms with E-state index in [0.717, 1.165) is 0 Å². The quantitative estimate of drug-likeness (QED) is 0.723. The SMILES string of the molecule is COc1cccc(F)c1-c1nnc2cncc(Cl)n12. The van der Waals surface area contributed by atoms with E-state index in [1.54, 1.807) is 12.1 Å². The van der Waals surface area contributed by atoms with Gasteiger partial charge in [0.2, 0.25) is 0 Å². The van der Waals surface area contributed by atoms with Crippen molar-refractivity contribution in [2.75, 3.05) is 7.11 Å². The summed E-state index contributed by atoms with van der Waals surface area (Å²) in [6.07, 6.45) is 2.93. The van der Waals surface area contributed by atoms with Gasteiger partial charge in [-0.3, -0.25) is 9.38 Å². The van der Waals surface area contributed by atoms with E-state index in [4.69, 9.17) is 16.3 Å². The zero-order chi connectivity index (χ0) is 13.4. The van der Waals surface area contributed by atoms with Gasteiger partial charge in [0.25, 0.3) is 0 Å². The number of ether oxygens (including phenoxy) is 1. The molecular weight excluding hydrogens is 271 g/mol. The minimum Gasteiger partial charge on any atom is -0.496 e. The Kier molecular flexibility index (Phi) is 2.79. The lowest BCUT2D eigenvalue weighted by molar-refractivity contribution is 0.413. The maximum absolute atomic E-state index is 14.0. The summed E-state index contributed by atoms with van der Waals surface area (Å²) >= 11 is 6.06. The fourth-order valence-corrected chi connectivity index (χ4v) is 2.09. The molecule has 19 heavy (non-hydrogen) atoms. The third-order valence-corrected chi connectivity index (χ3v) is 2.96. The summed E-state index contributed by atoms with van der Waals surface area (Å²) < 4.78 is 20.7. The van der Waals surface area contributed by atoms with Crippen molar-refractivity contribution in [3.05, 3.63) is 41.6 Å². The lowest BCUT2D eigenvalue weighted by Crippen LogP contribution is -1.97. The molecule has 0 aliphatic heterocycles. The molecule has 0 spiro atoms. The normalized spacial score (nSPS) is 10.9. The molecule has 0 saturated carbocycles. The van der Waals surface area contributed by atoms with Crippen LogP contribution in [0.1, 0.15) is 0 Å². The number of methoxy groups -OCH3 is 1. The average Bonchev–Trinajstić information content (AvgIpc) is 2.83. The Hall–Kier alpha value is -2.21. The van der Waals surface area contributed by atoms with Crippen LogP contribution < -0.4 is 4.74 Å². The monoisotopic (exact) mass is 278 g/mol. The summed E-state index contributed by atoms with van der Waals surface area (Å²) in [5.74, 6) is 0.182. The van der Waals surface area contributed by atoms with E-state index in [1.807, 2.05) is 0 Å². The largest absolute Gasteiger partial charge is 0.496 e. The summed E-state index contributed by atoms with van der Waals surface area (Å²) in [5, 5.41) is 8.17. The van der Waals surface area contributed by atoms with Gasteiger partial charge in [0.1, 0.15) is 16.7 Å². The van der Waals surface area contributed by atoms with Gasteiger partial charge in [-0.1, -0.05) is 17.7 Å². The number of fused-ring (bicyclic) bond motifs is 1. The van der Waals surface area contributed by atoms with Gasteiger partial charge in [0, 0.05) is 0 Å². The van der Waals surface area contributed by atoms with Crippen LogP contribution in [0.2, 0.25) is 5.15 Å². The van der Waals surface area contributed by atoms with E-state index in [-0.39, 0.29) is 11.4 Å². The minimum absolute atomic E-state index is 0.214. The Morgan fingerprint density at radius 1 is 1.26 bits per heavy atom. The number of halogens is 2. The van der Waals surface area contributed by atoms with Crippen molar-refractivity contribution in [2.24, 2.45) is 0 Å². The molecule has 0 bridgehead atoms. The molecule has 2 heterocycles. The van der Waals surface area contributed by atoms with Crippen molar-refractivity contribution in [1.82, 2.24) is 19.6 Å². The van der Waals surface area contributed by atoms with Crippen LogP contribution in [0.5, 0.6) is 5.75 Å². The van der Waals surface area contributed by atoms with Crippen LogP contribution in [0.25, 0.3) is 17.0 Å². The minimum atomic E-state index is -0.457. The summed E-state index contributed by atoms with van der Waals surface area (Å²) in [4.78, 5) is 3.90. The highest BCUT2D eigenvalue weighted by molar-refractivity contribution is 6.29. The first-order chi connectivity index (χ1) is 9.22. The van der Waals surface area contributed by atoms with Crippen molar-refractivity contribution < 1.29 is 9.13 Å². The van der Waals surface area contributed by atoms with E-state index < -0.39 is 5.82 Å². The zero-order valence-corrected chi connectivity index (χ0v) is 10.6. The second-order valence-electron chi connectivity index (χ2n) is 3.76. The molecule has 1 aromatic carbocycles. The first-order valence-corrected chi connectivity index (χ1v) is 5.77. The van der Waals surface area contributed by atoms with Crippen molar-refractivity contribution in [1.29, 1.82) is 0 Å². The van der Waals surface area contributed by atoms with Gasteiger partial charge in [0.15, 0.2) is 11.5 Å². The Bertz CT molecular complexity index is 759. The highest BCUT2D eigenvalue weighted by Crippen LogP contribution is 2.32. The van der Waals surface area contributed by atoms with Gasteiger partial charge in [-0.05, 0) is 12.1 Å². The van der Waals surface area contributed by atoms with Gasteiger partial charge >= 0.3 is 0 Å². The fourth-order valence-electron chi connectivity index (χ4n) is 1.87. The third kappa shape index (κ3) is 1.80. The van der Waals surface area contributed by atoms with Gasteiger partial charge in [0.05, 0.1) is 25.1 Å². The van der Waals surface area contributed by atoms with Crippen LogP contribution in [0.15, 0.2) is 30.6 Å². The summed E-state index contributed by atoms with van der Waals surface area (Å²) in [6.45, 7) is 0. The fraction of sp³-hybridized carbons (Fsp3) is 0.0833. The molecule has 0 fully saturated rings. The second kappa shape index (κ2) is 4.47. The third-order valence-electron chi connectivity index (χ3n) is 2.69. The molecule has 7 heteroatoms. The first kappa shape index (κ1) is 11.9. The summed E-state index contributed by atoms with van der Waals surface area (Å²) in [5.41, 5.74) is 0.651. The van der Waals surface area contributed by atoms with E-state index in [2.05, 4.69) is 15.2 Å². The van der Waals surface area contributed by atoms with Gasteiger partial charge < -0.3 is 4.74 Å². The molecule has 2 aromatic heterocycles. The van der Waals surface area contributed by atoms with Crippen LogP contribution in [-0.4, -0.2) is 26.7 Å². The molecule has 0 unspecified atom stereocenters. The number of benzene rings is 1. The Labute approximate surface area is 112 Å². The molecule has 0 aliphatic carbocycles. The standard InChI is InChI=1S/C12H8ClFN4O/c1-19-8-4-2-3-7(14)11(8)12-17-16-10-6-15-5-9(13)18(10)12/h2-6H,1H3. The molecule has 0 atom stereocenters. The van der Waals surface area contributed by atoms with Crippen LogP contribution in [-0.2, 0) is 0 Å². The lowest BCUT2D eigenvalue weighted by atomic mass is 10.1. The molecule has 0 radical (unpaired) electrons. The Balaban J connectivity index is 2.37. The van der Waals surface area contributed by atoms with Gasteiger partial charge in [-0.15, -0.1) is 10.2 Å². The van der Waals surface area contributed by atoms with Gasteiger partial charge in [-0.25, -0.2) is 4.39 Å². The van der Waals surface area contributed by atoms with E-state index in [0.29, 0.717) is 16.5 Å². The highest BCUT2D eigenvalue weighted by Gasteiger charge is 2.19. The molecule has 3 aromatic rings. The zero-order valence-electron chi connectivity index (χ0n) is 9.84. The lowest BCUT2D eigenvalue weighted by Gasteiger charge is -2.08. The second-order valence-corrected chi connectivity index (χ2v) is 4.15. The van der Waals surface area contributed by atoms with Crippen molar-refractivity contribution >= 4 is 17.2 Å². The average molecular weight is 279 g/mol. The molecule has 96 valence electrons. The van der Waals surface area contributed by atoms with Crippen LogP contribution in [0.3, 0.4) is 0 Å². The Morgan fingerprint density at radius 2 is 2.11 bits per heavy atom. The topological polar surface area (TPSA) is 52.3 Å². The van der Waals surface area contributed by atoms with Crippen LogP contribution in [0, 0.1) is 5.82 Å². The predicted molar refractivity (Wildman–Crippen MR) is 67.7 cm³/mol. The highest BCUT2D eigenvalue weighted by atomic mass is 35.5. The number of nitrogens with zero attached hydrogens (tertiary/aromatic N) is 4. The molecular formula is C12H8ClFN4O. The summed E-state index contributed by atoms with van der Waals surface area (Å²) in [6, 6.07) is 4.53. The number of rotatable bonds is 2. The van der Waals surface area contributed by atoms with E-state index >= 15 is 0 Å². The molecule has 3 rings (SSSR count). The molecule has 0 aliphatic rings. The van der Waals surface area contributed by atoms with Crippen LogP contribution in [0.4, 0.5) is 4.39 Å². The molecule has 0 amide bonds.